The van der Waals surface area contributed by atoms with Crippen molar-refractivity contribution in [3.63, 3.8) is 0 Å². The summed E-state index contributed by atoms with van der Waals surface area (Å²) < 4.78 is 0. The van der Waals surface area contributed by atoms with Crippen molar-refractivity contribution in [1.82, 2.24) is 5.48 Å². The first kappa shape index (κ1) is 11.9. The van der Waals surface area contributed by atoms with Gasteiger partial charge in [-0.1, -0.05) is 36.1 Å². The van der Waals surface area contributed by atoms with E-state index >= 15 is 0 Å². The lowest BCUT2D eigenvalue weighted by Gasteiger charge is -1.98. The second kappa shape index (κ2) is 5.67. The second-order valence-electron chi connectivity index (χ2n) is 3.64. The highest BCUT2D eigenvalue weighted by molar-refractivity contribution is 5.93. The molecule has 0 aliphatic heterocycles. The van der Waals surface area contributed by atoms with Crippen molar-refractivity contribution in [2.45, 2.75) is 0 Å². The molecule has 0 bridgehead atoms. The van der Waals surface area contributed by atoms with Crippen molar-refractivity contribution in [2.75, 3.05) is 0 Å². The molecule has 0 fully saturated rings. The average Bonchev–Trinajstić information content (AvgIpc) is 2.45. The number of amides is 1. The van der Waals surface area contributed by atoms with Crippen LogP contribution >= 0.6 is 0 Å². The number of benzene rings is 2. The van der Waals surface area contributed by atoms with Crippen LogP contribution in [0.1, 0.15) is 21.5 Å². The Labute approximate surface area is 105 Å². The van der Waals surface area contributed by atoms with Crippen LogP contribution in [0.2, 0.25) is 0 Å². The van der Waals surface area contributed by atoms with Gasteiger partial charge >= 0.3 is 0 Å². The zero-order chi connectivity index (χ0) is 12.8. The van der Waals surface area contributed by atoms with Gasteiger partial charge in [-0.3, -0.25) is 10.0 Å². The van der Waals surface area contributed by atoms with E-state index in [2.05, 4.69) is 11.8 Å². The van der Waals surface area contributed by atoms with Crippen molar-refractivity contribution in [3.05, 3.63) is 71.3 Å². The molecule has 3 nitrogen and oxygen atoms in total. The molecule has 0 unspecified atom stereocenters. The molecule has 2 rings (SSSR count). The predicted octanol–water partition coefficient (Wildman–Crippen LogP) is 2.21. The maximum atomic E-state index is 11.2. The molecular formula is C15H11NO2. The van der Waals surface area contributed by atoms with Gasteiger partial charge < -0.3 is 0 Å². The van der Waals surface area contributed by atoms with Crippen molar-refractivity contribution in [1.29, 1.82) is 0 Å². The van der Waals surface area contributed by atoms with Gasteiger partial charge in [-0.05, 0) is 30.3 Å². The van der Waals surface area contributed by atoms with Crippen LogP contribution in [0.3, 0.4) is 0 Å². The van der Waals surface area contributed by atoms with E-state index in [9.17, 15) is 4.79 Å². The van der Waals surface area contributed by atoms with Gasteiger partial charge in [0.1, 0.15) is 0 Å². The zero-order valence-corrected chi connectivity index (χ0v) is 9.55. The molecule has 0 aliphatic rings. The molecule has 88 valence electrons. The van der Waals surface area contributed by atoms with Crippen LogP contribution in [0.4, 0.5) is 0 Å². The molecule has 0 radical (unpaired) electrons. The summed E-state index contributed by atoms with van der Waals surface area (Å²) in [4.78, 5) is 11.2. The molecule has 0 aliphatic carbocycles. The van der Waals surface area contributed by atoms with Gasteiger partial charge in [0.05, 0.1) is 0 Å². The summed E-state index contributed by atoms with van der Waals surface area (Å²) in [6.07, 6.45) is 0. The van der Waals surface area contributed by atoms with Gasteiger partial charge in [-0.15, -0.1) is 0 Å². The Hall–Kier alpha value is -2.57. The highest BCUT2D eigenvalue weighted by Crippen LogP contribution is 2.04. The van der Waals surface area contributed by atoms with Gasteiger partial charge in [0.15, 0.2) is 0 Å². The van der Waals surface area contributed by atoms with E-state index in [1.807, 2.05) is 36.4 Å². The minimum absolute atomic E-state index is 0.373. The maximum Gasteiger partial charge on any atom is 0.274 e. The van der Waals surface area contributed by atoms with E-state index < -0.39 is 5.91 Å². The summed E-state index contributed by atoms with van der Waals surface area (Å²) in [6.45, 7) is 0. The van der Waals surface area contributed by atoms with E-state index in [0.29, 0.717) is 5.56 Å². The molecular weight excluding hydrogens is 226 g/mol. The first-order chi connectivity index (χ1) is 8.79. The second-order valence-corrected chi connectivity index (χ2v) is 3.64. The van der Waals surface area contributed by atoms with E-state index in [-0.39, 0.29) is 0 Å². The van der Waals surface area contributed by atoms with Crippen LogP contribution in [0.5, 0.6) is 0 Å². The summed E-state index contributed by atoms with van der Waals surface area (Å²) in [5.41, 5.74) is 3.60. The lowest BCUT2D eigenvalue weighted by Crippen LogP contribution is -2.18. The first-order valence-corrected chi connectivity index (χ1v) is 5.41. The van der Waals surface area contributed by atoms with Crippen molar-refractivity contribution >= 4 is 5.91 Å². The largest absolute Gasteiger partial charge is 0.288 e. The van der Waals surface area contributed by atoms with E-state index in [1.54, 1.807) is 23.7 Å². The Kier molecular flexibility index (Phi) is 3.75. The third kappa shape index (κ3) is 2.97. The highest BCUT2D eigenvalue weighted by atomic mass is 16.5. The number of nitrogens with one attached hydrogen (secondary N) is 1. The fourth-order valence-electron chi connectivity index (χ4n) is 1.47. The Bertz CT molecular complexity index is 609. The summed E-state index contributed by atoms with van der Waals surface area (Å²) in [5.74, 6) is 5.43. The zero-order valence-electron chi connectivity index (χ0n) is 9.55. The SMILES string of the molecule is O=C(NO)c1cccc(C#Cc2ccccc2)c1. The smallest absolute Gasteiger partial charge is 0.274 e. The minimum Gasteiger partial charge on any atom is -0.288 e. The predicted molar refractivity (Wildman–Crippen MR) is 68.1 cm³/mol. The van der Waals surface area contributed by atoms with Gasteiger partial charge in [0.25, 0.3) is 5.91 Å². The molecule has 3 heteroatoms. The Morgan fingerprint density at radius 2 is 1.61 bits per heavy atom. The standard InChI is InChI=1S/C15H11NO2/c17-15(16-18)14-8-4-7-13(11-14)10-9-12-5-2-1-3-6-12/h1-8,11,18H,(H,16,17). The number of hydrogen-bond acceptors (Lipinski definition) is 2. The Morgan fingerprint density at radius 1 is 0.944 bits per heavy atom. The van der Waals surface area contributed by atoms with Crippen LogP contribution in [0.15, 0.2) is 54.6 Å². The molecule has 0 atom stereocenters. The van der Waals surface area contributed by atoms with Crippen LogP contribution in [-0.4, -0.2) is 11.1 Å². The van der Waals surface area contributed by atoms with Crippen molar-refractivity contribution in [3.8, 4) is 11.8 Å². The van der Waals surface area contributed by atoms with Gasteiger partial charge in [0.2, 0.25) is 0 Å². The minimum atomic E-state index is -0.543. The van der Waals surface area contributed by atoms with Gasteiger partial charge in [-0.25, -0.2) is 5.48 Å². The third-order valence-corrected chi connectivity index (χ3v) is 2.35. The number of rotatable bonds is 1. The van der Waals surface area contributed by atoms with Crippen molar-refractivity contribution < 1.29 is 10.0 Å². The lowest BCUT2D eigenvalue weighted by atomic mass is 10.1. The maximum absolute atomic E-state index is 11.2. The quantitative estimate of drug-likeness (QED) is 0.454. The fourth-order valence-corrected chi connectivity index (χ4v) is 1.47. The Balaban J connectivity index is 2.25. The molecule has 2 N–H and O–H groups in total. The number of carbonyl (C=O) groups is 1. The number of carbonyl (C=O) groups excluding carboxylic acids is 1. The summed E-state index contributed by atoms with van der Waals surface area (Å²) >= 11 is 0. The normalized spacial score (nSPS) is 9.17. The van der Waals surface area contributed by atoms with Crippen LogP contribution in [-0.2, 0) is 0 Å². The lowest BCUT2D eigenvalue weighted by molar-refractivity contribution is 0.0706. The average molecular weight is 237 g/mol. The molecule has 0 aromatic heterocycles. The number of hydroxylamine groups is 1. The van der Waals surface area contributed by atoms with Crippen LogP contribution in [0.25, 0.3) is 0 Å². The monoisotopic (exact) mass is 237 g/mol. The topological polar surface area (TPSA) is 49.3 Å². The third-order valence-electron chi connectivity index (χ3n) is 2.35. The van der Waals surface area contributed by atoms with Crippen molar-refractivity contribution in [2.24, 2.45) is 0 Å². The molecule has 1 amide bonds. The molecule has 18 heavy (non-hydrogen) atoms. The molecule has 2 aromatic carbocycles. The van der Waals surface area contributed by atoms with E-state index in [4.69, 9.17) is 5.21 Å². The molecule has 0 saturated carbocycles. The van der Waals surface area contributed by atoms with Gasteiger partial charge in [0, 0.05) is 16.7 Å². The molecule has 0 saturated heterocycles. The van der Waals surface area contributed by atoms with Crippen LogP contribution in [0, 0.1) is 11.8 Å². The summed E-state index contributed by atoms with van der Waals surface area (Å²) in [6, 6.07) is 16.4. The summed E-state index contributed by atoms with van der Waals surface area (Å²) in [5, 5.41) is 8.55. The fraction of sp³-hybridized carbons (Fsp3) is 0. The summed E-state index contributed by atoms with van der Waals surface area (Å²) in [7, 11) is 0. The molecule has 2 aromatic rings. The molecule has 0 spiro atoms. The number of hydrogen-bond donors (Lipinski definition) is 2. The van der Waals surface area contributed by atoms with Crippen LogP contribution < -0.4 is 5.48 Å². The van der Waals surface area contributed by atoms with E-state index in [0.717, 1.165) is 11.1 Å². The first-order valence-electron chi connectivity index (χ1n) is 5.41. The highest BCUT2D eigenvalue weighted by Gasteiger charge is 2.02. The molecule has 0 heterocycles. The Morgan fingerprint density at radius 3 is 2.33 bits per heavy atom. The van der Waals surface area contributed by atoms with E-state index in [1.165, 1.54) is 0 Å². The van der Waals surface area contributed by atoms with Gasteiger partial charge in [-0.2, -0.15) is 0 Å².